The van der Waals surface area contributed by atoms with Crippen molar-refractivity contribution in [1.82, 2.24) is 4.90 Å². The lowest BCUT2D eigenvalue weighted by molar-refractivity contribution is -0.160. The first-order chi connectivity index (χ1) is 12.9. The van der Waals surface area contributed by atoms with E-state index in [9.17, 15) is 14.7 Å². The van der Waals surface area contributed by atoms with E-state index in [1.807, 2.05) is 12.1 Å². The number of para-hydroxylation sites is 1. The van der Waals surface area contributed by atoms with Gasteiger partial charge in [0.15, 0.2) is 5.60 Å². The number of ether oxygens (including phenoxy) is 2. The first-order valence-corrected chi connectivity index (χ1v) is 8.49. The molecule has 7 heteroatoms. The highest BCUT2D eigenvalue weighted by molar-refractivity contribution is 5.96. The molecule has 0 spiro atoms. The Hall–Kier alpha value is -3.06. The van der Waals surface area contributed by atoms with Crippen molar-refractivity contribution >= 4 is 17.6 Å². The molecule has 2 aromatic rings. The third kappa shape index (κ3) is 3.21. The number of likely N-dealkylation sites (tertiary alicyclic amines) is 1. The number of rotatable bonds is 5. The Labute approximate surface area is 157 Å². The van der Waals surface area contributed by atoms with Gasteiger partial charge in [-0.2, -0.15) is 0 Å². The van der Waals surface area contributed by atoms with Crippen molar-refractivity contribution in [3.05, 3.63) is 59.7 Å². The van der Waals surface area contributed by atoms with Crippen LogP contribution >= 0.6 is 0 Å². The van der Waals surface area contributed by atoms with Crippen molar-refractivity contribution in [2.45, 2.75) is 12.1 Å². The number of aliphatic hydroxyl groups is 1. The predicted octanol–water partition coefficient (Wildman–Crippen LogP) is 1.30. The third-order valence-electron chi connectivity index (χ3n) is 4.91. The molecule has 2 atom stereocenters. The van der Waals surface area contributed by atoms with Crippen LogP contribution < -0.4 is 10.5 Å². The number of benzene rings is 2. The standard InChI is InChI=1S/C20H22N2O5/c1-26-14-9-7-13(8-10-14)11-22-12-16(18(23)27-2)20(25,19(22)24)15-5-3-4-6-17(15)21/h3-10,16,25H,11-12,21H2,1-2H3/t16-,20+/m1/s1. The van der Waals surface area contributed by atoms with E-state index in [1.165, 1.54) is 12.0 Å². The topological polar surface area (TPSA) is 102 Å². The third-order valence-corrected chi connectivity index (χ3v) is 4.91. The van der Waals surface area contributed by atoms with Crippen LogP contribution in [0.1, 0.15) is 11.1 Å². The number of amides is 1. The summed E-state index contributed by atoms with van der Waals surface area (Å²) in [5.74, 6) is -1.61. The molecule has 142 valence electrons. The van der Waals surface area contributed by atoms with E-state index in [0.29, 0.717) is 5.75 Å². The number of hydrogen-bond acceptors (Lipinski definition) is 6. The Bertz CT molecular complexity index is 852. The summed E-state index contributed by atoms with van der Waals surface area (Å²) in [4.78, 5) is 26.9. The van der Waals surface area contributed by atoms with Crippen LogP contribution in [-0.4, -0.2) is 42.6 Å². The zero-order valence-corrected chi connectivity index (χ0v) is 15.2. The van der Waals surface area contributed by atoms with Gasteiger partial charge in [-0.25, -0.2) is 0 Å². The summed E-state index contributed by atoms with van der Waals surface area (Å²) in [6, 6.07) is 13.7. The smallest absolute Gasteiger partial charge is 0.314 e. The van der Waals surface area contributed by atoms with Gasteiger partial charge in [0.1, 0.15) is 11.7 Å². The summed E-state index contributed by atoms with van der Waals surface area (Å²) in [5.41, 5.74) is 5.22. The highest BCUT2D eigenvalue weighted by atomic mass is 16.5. The molecular weight excluding hydrogens is 348 g/mol. The Kier molecular flexibility index (Phi) is 5.05. The minimum absolute atomic E-state index is 0.0301. The van der Waals surface area contributed by atoms with Gasteiger partial charge in [-0.1, -0.05) is 30.3 Å². The molecule has 0 unspecified atom stereocenters. The fourth-order valence-electron chi connectivity index (χ4n) is 3.45. The number of nitrogens with zero attached hydrogens (tertiary/aromatic N) is 1. The monoisotopic (exact) mass is 370 g/mol. The molecule has 0 aromatic heterocycles. The van der Waals surface area contributed by atoms with Gasteiger partial charge in [-0.05, 0) is 23.8 Å². The maximum absolute atomic E-state index is 13.1. The molecule has 1 aliphatic rings. The summed E-state index contributed by atoms with van der Waals surface area (Å²) >= 11 is 0. The Morgan fingerprint density at radius 3 is 2.48 bits per heavy atom. The molecule has 0 aliphatic carbocycles. The summed E-state index contributed by atoms with van der Waals surface area (Å²) in [6.45, 7) is 0.272. The number of nitrogen functional groups attached to an aromatic ring is 1. The molecule has 7 nitrogen and oxygen atoms in total. The van der Waals surface area contributed by atoms with Gasteiger partial charge in [0, 0.05) is 24.3 Å². The first kappa shape index (κ1) is 18.7. The molecule has 3 rings (SSSR count). The maximum Gasteiger partial charge on any atom is 0.314 e. The van der Waals surface area contributed by atoms with Crippen molar-refractivity contribution in [3.8, 4) is 5.75 Å². The van der Waals surface area contributed by atoms with Crippen LogP contribution in [0.5, 0.6) is 5.75 Å². The quantitative estimate of drug-likeness (QED) is 0.608. The van der Waals surface area contributed by atoms with E-state index < -0.39 is 23.4 Å². The number of methoxy groups -OCH3 is 2. The van der Waals surface area contributed by atoms with Crippen molar-refractivity contribution in [3.63, 3.8) is 0 Å². The highest BCUT2D eigenvalue weighted by Crippen LogP contribution is 2.41. The number of anilines is 1. The summed E-state index contributed by atoms with van der Waals surface area (Å²) in [7, 11) is 2.80. The lowest BCUT2D eigenvalue weighted by atomic mass is 9.82. The van der Waals surface area contributed by atoms with Crippen molar-refractivity contribution in [2.75, 3.05) is 26.5 Å². The van der Waals surface area contributed by atoms with Gasteiger partial charge < -0.3 is 25.2 Å². The molecule has 27 heavy (non-hydrogen) atoms. The summed E-state index contributed by atoms with van der Waals surface area (Å²) in [5, 5.41) is 11.3. The molecule has 0 radical (unpaired) electrons. The Morgan fingerprint density at radius 2 is 1.89 bits per heavy atom. The SMILES string of the molecule is COC(=O)[C@H]1CN(Cc2ccc(OC)cc2)C(=O)[C@]1(O)c1ccccc1N. The highest BCUT2D eigenvalue weighted by Gasteiger charge is 2.58. The van der Waals surface area contributed by atoms with Crippen LogP contribution in [0.15, 0.2) is 48.5 Å². The minimum Gasteiger partial charge on any atom is -0.497 e. The summed E-state index contributed by atoms with van der Waals surface area (Å²) < 4.78 is 9.96. The van der Waals surface area contributed by atoms with E-state index in [0.717, 1.165) is 5.56 Å². The normalized spacial score (nSPS) is 22.0. The van der Waals surface area contributed by atoms with E-state index >= 15 is 0 Å². The van der Waals surface area contributed by atoms with Gasteiger partial charge in [0.25, 0.3) is 5.91 Å². The van der Waals surface area contributed by atoms with Crippen LogP contribution in [0.4, 0.5) is 5.69 Å². The Balaban J connectivity index is 1.96. The number of carbonyl (C=O) groups excluding carboxylic acids is 2. The van der Waals surface area contributed by atoms with Crippen molar-refractivity contribution in [2.24, 2.45) is 5.92 Å². The zero-order valence-electron chi connectivity index (χ0n) is 15.2. The average molecular weight is 370 g/mol. The van der Waals surface area contributed by atoms with Gasteiger partial charge in [-0.3, -0.25) is 9.59 Å². The molecule has 1 saturated heterocycles. The fourth-order valence-corrected chi connectivity index (χ4v) is 3.45. The van der Waals surface area contributed by atoms with Crippen LogP contribution in [0.25, 0.3) is 0 Å². The van der Waals surface area contributed by atoms with Crippen molar-refractivity contribution in [1.29, 1.82) is 0 Å². The molecule has 0 bridgehead atoms. The molecule has 1 heterocycles. The van der Waals surface area contributed by atoms with Gasteiger partial charge in [0.2, 0.25) is 0 Å². The number of esters is 1. The molecule has 1 aliphatic heterocycles. The van der Waals surface area contributed by atoms with Gasteiger partial charge in [0.05, 0.1) is 14.2 Å². The number of hydrogen-bond donors (Lipinski definition) is 2. The second-order valence-corrected chi connectivity index (χ2v) is 6.46. The summed E-state index contributed by atoms with van der Waals surface area (Å²) in [6.07, 6.45) is 0. The lowest BCUT2D eigenvalue weighted by Crippen LogP contribution is -2.44. The average Bonchev–Trinajstić information content (AvgIpc) is 2.94. The van der Waals surface area contributed by atoms with E-state index in [-0.39, 0.29) is 24.3 Å². The van der Waals surface area contributed by atoms with E-state index in [2.05, 4.69) is 0 Å². The zero-order chi connectivity index (χ0) is 19.6. The molecule has 1 fully saturated rings. The second kappa shape index (κ2) is 7.28. The number of nitrogens with two attached hydrogens (primary N) is 1. The van der Waals surface area contributed by atoms with Crippen LogP contribution in [0.2, 0.25) is 0 Å². The first-order valence-electron chi connectivity index (χ1n) is 8.49. The molecule has 1 amide bonds. The van der Waals surface area contributed by atoms with Crippen LogP contribution in [0, 0.1) is 5.92 Å². The van der Waals surface area contributed by atoms with E-state index in [1.54, 1.807) is 43.5 Å². The van der Waals surface area contributed by atoms with Gasteiger partial charge >= 0.3 is 5.97 Å². The molecule has 2 aromatic carbocycles. The maximum atomic E-state index is 13.1. The van der Waals surface area contributed by atoms with Gasteiger partial charge in [-0.15, -0.1) is 0 Å². The van der Waals surface area contributed by atoms with Crippen LogP contribution in [0.3, 0.4) is 0 Å². The fraction of sp³-hybridized carbons (Fsp3) is 0.300. The van der Waals surface area contributed by atoms with Crippen LogP contribution in [-0.2, 0) is 26.5 Å². The van der Waals surface area contributed by atoms with E-state index in [4.69, 9.17) is 15.2 Å². The molecule has 3 N–H and O–H groups in total. The predicted molar refractivity (Wildman–Crippen MR) is 98.7 cm³/mol. The molecule has 0 saturated carbocycles. The Morgan fingerprint density at radius 1 is 1.22 bits per heavy atom. The molecular formula is C20H22N2O5. The largest absolute Gasteiger partial charge is 0.497 e. The number of carbonyl (C=O) groups is 2. The lowest BCUT2D eigenvalue weighted by Gasteiger charge is -2.27. The van der Waals surface area contributed by atoms with Crippen molar-refractivity contribution < 1.29 is 24.2 Å². The minimum atomic E-state index is -2.06. The second-order valence-electron chi connectivity index (χ2n) is 6.46.